The molecule has 0 spiro atoms. The highest BCUT2D eigenvalue weighted by Crippen LogP contribution is 2.32. The van der Waals surface area contributed by atoms with Crippen LogP contribution in [0.3, 0.4) is 0 Å². The number of piperidine rings is 1. The second-order valence-corrected chi connectivity index (χ2v) is 8.93. The second-order valence-electron chi connectivity index (χ2n) is 8.93. The van der Waals surface area contributed by atoms with E-state index in [0.717, 1.165) is 54.0 Å². The van der Waals surface area contributed by atoms with Crippen LogP contribution in [0.15, 0.2) is 60.7 Å². The molecule has 3 N–H and O–H groups in total. The van der Waals surface area contributed by atoms with Crippen molar-refractivity contribution in [2.75, 3.05) is 33.9 Å². The lowest BCUT2D eigenvalue weighted by molar-refractivity contribution is 0.102. The zero-order valence-corrected chi connectivity index (χ0v) is 20.1. The van der Waals surface area contributed by atoms with Crippen molar-refractivity contribution in [1.29, 1.82) is 0 Å². The lowest BCUT2D eigenvalue weighted by Crippen LogP contribution is -2.31. The summed E-state index contributed by atoms with van der Waals surface area (Å²) >= 11 is 0. The monoisotopic (exact) mass is 456 g/mol. The number of nitrogens with one attached hydrogen (secondary N) is 3. The van der Waals surface area contributed by atoms with Crippen LogP contribution in [0.4, 0.5) is 27.5 Å². The lowest BCUT2D eigenvalue weighted by Gasteiger charge is -2.31. The molecular weight excluding hydrogens is 424 g/mol. The molecule has 34 heavy (non-hydrogen) atoms. The van der Waals surface area contributed by atoms with Crippen LogP contribution in [0.5, 0.6) is 0 Å². The minimum absolute atomic E-state index is 0.180. The summed E-state index contributed by atoms with van der Waals surface area (Å²) < 4.78 is 0. The molecular formula is C28H32N4O2. The number of nitrogens with zero attached hydrogens (tertiary/aromatic N) is 1. The average Bonchev–Trinajstić information content (AvgIpc) is 2.83. The molecule has 0 radical (unpaired) electrons. The number of amides is 3. The molecule has 0 saturated carbocycles. The largest absolute Gasteiger partial charge is 0.370 e. The molecule has 1 saturated heterocycles. The lowest BCUT2D eigenvalue weighted by atomic mass is 10.1. The first-order valence-electron chi connectivity index (χ1n) is 11.8. The Morgan fingerprint density at radius 1 is 0.765 bits per heavy atom. The van der Waals surface area contributed by atoms with Gasteiger partial charge in [0.15, 0.2) is 0 Å². The van der Waals surface area contributed by atoms with Crippen LogP contribution >= 0.6 is 0 Å². The zero-order chi connectivity index (χ0) is 24.1. The van der Waals surface area contributed by atoms with Gasteiger partial charge < -0.3 is 20.9 Å². The predicted octanol–water partition coefficient (Wildman–Crippen LogP) is 6.50. The van der Waals surface area contributed by atoms with Crippen molar-refractivity contribution < 1.29 is 9.59 Å². The van der Waals surface area contributed by atoms with Crippen LogP contribution in [-0.4, -0.2) is 25.0 Å². The number of hydrogen-bond donors (Lipinski definition) is 3. The summed E-state index contributed by atoms with van der Waals surface area (Å²) in [4.78, 5) is 28.0. The molecule has 0 atom stereocenters. The third-order valence-electron chi connectivity index (χ3n) is 6.33. The Morgan fingerprint density at radius 2 is 1.50 bits per heavy atom. The van der Waals surface area contributed by atoms with E-state index in [1.165, 1.54) is 6.42 Å². The van der Waals surface area contributed by atoms with Crippen molar-refractivity contribution in [2.45, 2.75) is 40.0 Å². The first kappa shape index (κ1) is 23.4. The minimum Gasteiger partial charge on any atom is -0.370 e. The normalized spacial score (nSPS) is 13.3. The van der Waals surface area contributed by atoms with Gasteiger partial charge in [-0.05, 0) is 87.6 Å². The van der Waals surface area contributed by atoms with Crippen molar-refractivity contribution in [3.63, 3.8) is 0 Å². The molecule has 3 amide bonds. The molecule has 1 aliphatic heterocycles. The number of benzene rings is 3. The maximum absolute atomic E-state index is 12.9. The first-order valence-corrected chi connectivity index (χ1v) is 11.8. The molecule has 6 nitrogen and oxygen atoms in total. The van der Waals surface area contributed by atoms with Gasteiger partial charge in [-0.1, -0.05) is 29.8 Å². The van der Waals surface area contributed by atoms with Gasteiger partial charge in [-0.3, -0.25) is 4.79 Å². The molecule has 0 bridgehead atoms. The Morgan fingerprint density at radius 3 is 2.26 bits per heavy atom. The highest BCUT2D eigenvalue weighted by Gasteiger charge is 2.18. The van der Waals surface area contributed by atoms with Gasteiger partial charge in [0.1, 0.15) is 0 Å². The van der Waals surface area contributed by atoms with Crippen molar-refractivity contribution in [2.24, 2.45) is 0 Å². The van der Waals surface area contributed by atoms with Crippen LogP contribution < -0.4 is 20.9 Å². The van der Waals surface area contributed by atoms with Gasteiger partial charge in [-0.25, -0.2) is 4.79 Å². The topological polar surface area (TPSA) is 73.5 Å². The number of rotatable bonds is 5. The van der Waals surface area contributed by atoms with Gasteiger partial charge in [-0.2, -0.15) is 0 Å². The van der Waals surface area contributed by atoms with Crippen LogP contribution in [0.25, 0.3) is 0 Å². The summed E-state index contributed by atoms with van der Waals surface area (Å²) in [5.41, 5.74) is 6.83. The molecule has 0 aromatic heterocycles. The van der Waals surface area contributed by atoms with Crippen molar-refractivity contribution in [3.05, 3.63) is 82.9 Å². The Balaban J connectivity index is 1.57. The van der Waals surface area contributed by atoms with E-state index in [1.807, 2.05) is 75.4 Å². The third-order valence-corrected chi connectivity index (χ3v) is 6.33. The van der Waals surface area contributed by atoms with E-state index in [4.69, 9.17) is 0 Å². The standard InChI is InChI=1S/C28H32N4O2/c1-19-9-7-11-22(17-19)27(33)29-23-13-14-26(32-15-5-4-6-16-32)25(18-23)31-28(34)30-24-12-8-10-20(2)21(24)3/h7-14,17-18H,4-6,15-16H2,1-3H3,(H,29,33)(H2,30,31,34). The van der Waals surface area contributed by atoms with Gasteiger partial charge in [0.2, 0.25) is 0 Å². The average molecular weight is 457 g/mol. The fourth-order valence-corrected chi connectivity index (χ4v) is 4.28. The predicted molar refractivity (Wildman–Crippen MR) is 140 cm³/mol. The fraction of sp³-hybridized carbons (Fsp3) is 0.286. The molecule has 4 rings (SSSR count). The van der Waals surface area contributed by atoms with Gasteiger partial charge in [0, 0.05) is 30.0 Å². The Hall–Kier alpha value is -3.80. The van der Waals surface area contributed by atoms with Crippen LogP contribution in [0.2, 0.25) is 0 Å². The van der Waals surface area contributed by atoms with Crippen LogP contribution in [0, 0.1) is 20.8 Å². The summed E-state index contributed by atoms with van der Waals surface area (Å²) in [6.45, 7) is 7.87. The van der Waals surface area contributed by atoms with Gasteiger partial charge >= 0.3 is 6.03 Å². The second kappa shape index (κ2) is 10.4. The Kier molecular flexibility index (Phi) is 7.16. The van der Waals surface area contributed by atoms with Crippen molar-refractivity contribution >= 4 is 34.7 Å². The summed E-state index contributed by atoms with van der Waals surface area (Å²) in [7, 11) is 0. The zero-order valence-electron chi connectivity index (χ0n) is 20.1. The van der Waals surface area contributed by atoms with Gasteiger partial charge in [0.05, 0.1) is 11.4 Å². The van der Waals surface area contributed by atoms with Crippen molar-refractivity contribution in [1.82, 2.24) is 0 Å². The minimum atomic E-state index is -0.311. The smallest absolute Gasteiger partial charge is 0.323 e. The summed E-state index contributed by atoms with van der Waals surface area (Å²) in [5.74, 6) is -0.180. The number of carbonyl (C=O) groups excluding carboxylic acids is 2. The Bertz CT molecular complexity index is 1200. The fourth-order valence-electron chi connectivity index (χ4n) is 4.28. The van der Waals surface area contributed by atoms with Crippen LogP contribution in [0.1, 0.15) is 46.3 Å². The first-order chi connectivity index (χ1) is 16.4. The maximum Gasteiger partial charge on any atom is 0.323 e. The third kappa shape index (κ3) is 5.57. The highest BCUT2D eigenvalue weighted by molar-refractivity contribution is 6.06. The number of hydrogen-bond acceptors (Lipinski definition) is 3. The number of aryl methyl sites for hydroxylation is 2. The summed E-state index contributed by atoms with van der Waals surface area (Å²) in [5, 5.41) is 8.95. The molecule has 3 aromatic carbocycles. The van der Waals surface area contributed by atoms with Gasteiger partial charge in [0.25, 0.3) is 5.91 Å². The summed E-state index contributed by atoms with van der Waals surface area (Å²) in [6, 6.07) is 18.7. The van der Waals surface area contributed by atoms with E-state index in [2.05, 4.69) is 20.9 Å². The maximum atomic E-state index is 12.9. The highest BCUT2D eigenvalue weighted by atomic mass is 16.2. The van der Waals surface area contributed by atoms with Crippen molar-refractivity contribution in [3.8, 4) is 0 Å². The van der Waals surface area contributed by atoms with E-state index < -0.39 is 0 Å². The van der Waals surface area contributed by atoms with E-state index in [-0.39, 0.29) is 11.9 Å². The van der Waals surface area contributed by atoms with E-state index in [1.54, 1.807) is 6.07 Å². The number of urea groups is 1. The van der Waals surface area contributed by atoms with Gasteiger partial charge in [-0.15, -0.1) is 0 Å². The molecule has 1 heterocycles. The summed E-state index contributed by atoms with van der Waals surface area (Å²) in [6.07, 6.45) is 3.47. The number of anilines is 4. The molecule has 1 aliphatic rings. The molecule has 0 unspecified atom stereocenters. The molecule has 6 heteroatoms. The Labute approximate surface area is 201 Å². The molecule has 0 aliphatic carbocycles. The van der Waals surface area contributed by atoms with E-state index in [0.29, 0.717) is 16.9 Å². The van der Waals surface area contributed by atoms with E-state index >= 15 is 0 Å². The quantitative estimate of drug-likeness (QED) is 0.410. The van der Waals surface area contributed by atoms with Crippen LogP contribution in [-0.2, 0) is 0 Å². The SMILES string of the molecule is Cc1cccc(C(=O)Nc2ccc(N3CCCCC3)c(NC(=O)Nc3cccc(C)c3C)c2)c1. The molecule has 3 aromatic rings. The number of carbonyl (C=O) groups is 2. The molecule has 1 fully saturated rings. The molecule has 176 valence electrons. The van der Waals surface area contributed by atoms with E-state index in [9.17, 15) is 9.59 Å².